The molecule has 0 unspecified atom stereocenters. The molecule has 2 saturated heterocycles. The van der Waals surface area contributed by atoms with Gasteiger partial charge in [-0.1, -0.05) is 128 Å². The molecular formula is C25H39BSi3. The molecule has 0 aromatic rings. The van der Waals surface area contributed by atoms with Crippen LogP contribution in [0, 0.1) is 0 Å². The maximum atomic E-state index is 3.69. The van der Waals surface area contributed by atoms with E-state index in [1.807, 2.05) is 11.0 Å². The molecule has 29 heavy (non-hydrogen) atoms. The second kappa shape index (κ2) is 6.72. The molecule has 0 aromatic carbocycles. The van der Waals surface area contributed by atoms with E-state index in [4.69, 9.17) is 0 Å². The normalized spacial score (nSPS) is 32.3. The number of allylic oxidation sites excluding steroid dienone is 5. The van der Waals surface area contributed by atoms with Crippen molar-refractivity contribution in [2.45, 2.75) is 102 Å². The maximum absolute atomic E-state index is 3.69. The molecule has 154 valence electrons. The number of rotatable bonds is 3. The van der Waals surface area contributed by atoms with Crippen LogP contribution in [0.2, 0.25) is 57.0 Å². The Hall–Kier alpha value is -0.544. The predicted molar refractivity (Wildman–Crippen MR) is 138 cm³/mol. The molecule has 2 fully saturated rings. The molecule has 2 bridgehead atoms. The van der Waals surface area contributed by atoms with Crippen molar-refractivity contribution < 1.29 is 0 Å². The SMILES string of the molecule is C[Si]1(C)CCC2=C1[Si](C)(C)C([Si](C)(C)C1=C=CC=C1)=C2B1C2CCCC1CCC2. The fraction of sp³-hybridized carbons (Fsp3) is 0.640. The Morgan fingerprint density at radius 1 is 1.00 bits per heavy atom. The minimum Gasteiger partial charge on any atom is -0.121 e. The van der Waals surface area contributed by atoms with Crippen LogP contribution in [-0.4, -0.2) is 30.9 Å². The van der Waals surface area contributed by atoms with Gasteiger partial charge in [0.25, 0.3) is 0 Å². The van der Waals surface area contributed by atoms with Gasteiger partial charge in [0.2, 0.25) is 0 Å². The van der Waals surface area contributed by atoms with Gasteiger partial charge in [-0.25, -0.2) is 0 Å². The second-order valence-corrected chi connectivity index (χ2v) is 26.6. The molecule has 5 rings (SSSR count). The van der Waals surface area contributed by atoms with E-state index in [0.29, 0.717) is 0 Å². The first-order valence-electron chi connectivity index (χ1n) is 12.3. The van der Waals surface area contributed by atoms with E-state index in [2.05, 4.69) is 72.9 Å². The molecule has 4 aliphatic heterocycles. The van der Waals surface area contributed by atoms with Crippen molar-refractivity contribution in [3.05, 3.63) is 49.8 Å². The molecular weight excluding hydrogens is 395 g/mol. The highest BCUT2D eigenvalue weighted by Crippen LogP contribution is 2.59. The summed E-state index contributed by atoms with van der Waals surface area (Å²) in [6.07, 6.45) is 17.3. The Labute approximate surface area is 182 Å². The lowest BCUT2D eigenvalue weighted by Gasteiger charge is -2.45. The molecule has 4 heterocycles. The van der Waals surface area contributed by atoms with Crippen molar-refractivity contribution in [2.24, 2.45) is 0 Å². The van der Waals surface area contributed by atoms with Gasteiger partial charge in [0.1, 0.15) is 8.07 Å². The van der Waals surface area contributed by atoms with Gasteiger partial charge in [0.05, 0.1) is 16.1 Å². The summed E-state index contributed by atoms with van der Waals surface area (Å²) in [4.78, 5) is 4.17. The van der Waals surface area contributed by atoms with Crippen molar-refractivity contribution in [1.82, 2.24) is 0 Å². The Bertz CT molecular complexity index is 886. The van der Waals surface area contributed by atoms with Crippen LogP contribution in [0.5, 0.6) is 0 Å². The van der Waals surface area contributed by atoms with Gasteiger partial charge in [-0.2, -0.15) is 0 Å². The van der Waals surface area contributed by atoms with Gasteiger partial charge in [0, 0.05) is 0 Å². The van der Waals surface area contributed by atoms with Crippen molar-refractivity contribution in [3.8, 4) is 0 Å². The fourth-order valence-electron chi connectivity index (χ4n) is 8.69. The molecule has 0 N–H and O–H groups in total. The quantitative estimate of drug-likeness (QED) is 0.317. The Balaban J connectivity index is 1.75. The molecule has 0 radical (unpaired) electrons. The summed E-state index contributed by atoms with van der Waals surface area (Å²) in [7, 11) is -4.49. The Morgan fingerprint density at radius 2 is 1.62 bits per heavy atom. The Kier molecular flexibility index (Phi) is 4.72. The highest BCUT2D eigenvalue weighted by molar-refractivity contribution is 7.20. The first-order valence-corrected chi connectivity index (χ1v) is 21.5. The first kappa shape index (κ1) is 20.4. The van der Waals surface area contributed by atoms with Gasteiger partial charge in [-0.05, 0) is 17.7 Å². The molecule has 0 aromatic heterocycles. The molecule has 4 heteroatoms. The van der Waals surface area contributed by atoms with Crippen LogP contribution in [0.25, 0.3) is 0 Å². The minimum absolute atomic E-state index is 0.913. The zero-order chi connectivity index (χ0) is 20.6. The molecule has 5 aliphatic rings. The van der Waals surface area contributed by atoms with E-state index < -0.39 is 24.2 Å². The third kappa shape index (κ3) is 2.89. The molecule has 1 aliphatic carbocycles. The second-order valence-electron chi connectivity index (χ2n) is 12.3. The smallest absolute Gasteiger partial charge is 0.121 e. The topological polar surface area (TPSA) is 0 Å². The van der Waals surface area contributed by atoms with Crippen molar-refractivity contribution in [2.75, 3.05) is 0 Å². The van der Waals surface area contributed by atoms with Crippen LogP contribution in [0.3, 0.4) is 0 Å². The molecule has 0 nitrogen and oxygen atoms in total. The first-order chi connectivity index (χ1) is 13.7. The summed E-state index contributed by atoms with van der Waals surface area (Å²) >= 11 is 0. The average molecular weight is 435 g/mol. The zero-order valence-corrected chi connectivity index (χ0v) is 22.6. The third-order valence-electron chi connectivity index (χ3n) is 9.37. The van der Waals surface area contributed by atoms with Gasteiger partial charge < -0.3 is 0 Å². The van der Waals surface area contributed by atoms with Gasteiger partial charge in [0.15, 0.2) is 6.71 Å². The lowest BCUT2D eigenvalue weighted by molar-refractivity contribution is 0.446. The minimum atomic E-state index is -1.69. The van der Waals surface area contributed by atoms with Crippen molar-refractivity contribution in [1.29, 1.82) is 0 Å². The van der Waals surface area contributed by atoms with Gasteiger partial charge in [-0.15, -0.1) is 5.73 Å². The largest absolute Gasteiger partial charge is 0.181 e. The summed E-state index contributed by atoms with van der Waals surface area (Å²) in [6, 6.07) is 1.53. The fourth-order valence-corrected chi connectivity index (χ4v) is 30.3. The van der Waals surface area contributed by atoms with Crippen LogP contribution >= 0.6 is 0 Å². The molecule has 0 atom stereocenters. The van der Waals surface area contributed by atoms with E-state index in [9.17, 15) is 0 Å². The van der Waals surface area contributed by atoms with E-state index in [1.54, 1.807) is 5.20 Å². The van der Waals surface area contributed by atoms with E-state index in [0.717, 1.165) is 18.3 Å². The standard InChI is InChI=1S/C25H39BSi3/c1-27(2)18-17-22-23(26-19-11-9-12-20(26)14-10-13-19)25(29(5,6)24(22)27)28(3,4)21-15-7-8-16-21/h7-8,15,19-20H,9-14,17-18H2,1-6H3. The highest BCUT2D eigenvalue weighted by atomic mass is 28.4. The zero-order valence-electron chi connectivity index (χ0n) is 19.6. The Morgan fingerprint density at radius 3 is 2.17 bits per heavy atom. The monoisotopic (exact) mass is 434 g/mol. The summed E-state index contributed by atoms with van der Waals surface area (Å²) in [5, 5.41) is 1.58. The third-order valence-corrected chi connectivity index (χ3v) is 26.4. The van der Waals surface area contributed by atoms with Crippen LogP contribution in [0.4, 0.5) is 0 Å². The summed E-state index contributed by atoms with van der Waals surface area (Å²) in [5.41, 5.74) is 7.67. The van der Waals surface area contributed by atoms with Crippen LogP contribution < -0.4 is 0 Å². The summed E-state index contributed by atoms with van der Waals surface area (Å²) < 4.78 is 0. The molecule has 0 amide bonds. The lowest BCUT2D eigenvalue weighted by Crippen LogP contribution is -2.51. The van der Waals surface area contributed by atoms with Crippen molar-refractivity contribution >= 4 is 30.9 Å². The number of fused-ring (bicyclic) bond motifs is 2. The van der Waals surface area contributed by atoms with Gasteiger partial charge >= 0.3 is 0 Å². The molecule has 0 spiro atoms. The number of hydrogen-bond donors (Lipinski definition) is 0. The predicted octanol–water partition coefficient (Wildman–Crippen LogP) is 7.61. The summed E-state index contributed by atoms with van der Waals surface area (Å²) in [5.74, 6) is 1.98. The van der Waals surface area contributed by atoms with Crippen molar-refractivity contribution in [3.63, 3.8) is 0 Å². The number of hydrogen-bond acceptors (Lipinski definition) is 0. The maximum Gasteiger partial charge on any atom is 0.181 e. The van der Waals surface area contributed by atoms with Crippen LogP contribution in [0.15, 0.2) is 49.8 Å². The summed E-state index contributed by atoms with van der Waals surface area (Å²) in [6.45, 7) is 17.2. The molecule has 0 saturated carbocycles. The van der Waals surface area contributed by atoms with Crippen LogP contribution in [0.1, 0.15) is 44.9 Å². The van der Waals surface area contributed by atoms with E-state index in [-0.39, 0.29) is 0 Å². The van der Waals surface area contributed by atoms with E-state index in [1.165, 1.54) is 51.0 Å². The lowest BCUT2D eigenvalue weighted by atomic mass is 9.24. The van der Waals surface area contributed by atoms with Gasteiger partial charge in [-0.3, -0.25) is 0 Å². The highest BCUT2D eigenvalue weighted by Gasteiger charge is 2.58. The average Bonchev–Trinajstić information content (AvgIpc) is 3.31. The van der Waals surface area contributed by atoms with E-state index >= 15 is 0 Å². The van der Waals surface area contributed by atoms with Crippen LogP contribution in [-0.2, 0) is 0 Å².